The van der Waals surface area contributed by atoms with E-state index in [0.29, 0.717) is 39.5 Å². The lowest BCUT2D eigenvalue weighted by Crippen LogP contribution is -2.25. The van der Waals surface area contributed by atoms with Gasteiger partial charge in [-0.25, -0.2) is 0 Å². The number of carbonyl (C=O) groups is 1. The van der Waals surface area contributed by atoms with Crippen molar-refractivity contribution in [2.75, 3.05) is 26.2 Å². The number of thiophene rings is 1. The van der Waals surface area contributed by atoms with Crippen molar-refractivity contribution >= 4 is 27.2 Å². The monoisotopic (exact) mass is 525 g/mol. The number of phenols is 1. The van der Waals surface area contributed by atoms with E-state index in [0.717, 1.165) is 37.0 Å². The van der Waals surface area contributed by atoms with Gasteiger partial charge < -0.3 is 9.84 Å². The second-order valence-electron chi connectivity index (χ2n) is 9.43. The van der Waals surface area contributed by atoms with Gasteiger partial charge in [0.1, 0.15) is 18.1 Å². The number of carbonyl (C=O) groups excluding carboxylic acids is 1. The molecule has 4 aromatic rings. The Hall–Kier alpha value is -3.36. The molecular formula is C29H26F3NO3S. The largest absolute Gasteiger partial charge is 0.508 e. The minimum atomic E-state index is -4.66. The van der Waals surface area contributed by atoms with Gasteiger partial charge >= 0.3 is 6.18 Å². The number of likely N-dealkylation sites (tertiary alicyclic amines) is 1. The highest BCUT2D eigenvalue weighted by Crippen LogP contribution is 2.43. The smallest absolute Gasteiger partial charge is 0.417 e. The summed E-state index contributed by atoms with van der Waals surface area (Å²) in [6.45, 7) is 5.82. The SMILES string of the molecule is C[C@H]1CCN(CCOc2ccc(-c3c(C(=O)c4ccccc4C(F)(F)F)sc4cc(O)ccc34)cc2)C1. The minimum absolute atomic E-state index is 0.0196. The van der Waals surface area contributed by atoms with E-state index in [2.05, 4.69) is 11.8 Å². The van der Waals surface area contributed by atoms with Gasteiger partial charge in [-0.2, -0.15) is 13.2 Å². The van der Waals surface area contributed by atoms with Gasteiger partial charge in [0, 0.05) is 34.3 Å². The topological polar surface area (TPSA) is 49.8 Å². The number of ether oxygens (including phenoxy) is 1. The van der Waals surface area contributed by atoms with Gasteiger partial charge in [0.25, 0.3) is 0 Å². The van der Waals surface area contributed by atoms with Gasteiger partial charge in [-0.1, -0.05) is 37.3 Å². The Morgan fingerprint density at radius 2 is 1.86 bits per heavy atom. The summed E-state index contributed by atoms with van der Waals surface area (Å²) in [4.78, 5) is 16.1. The molecule has 0 radical (unpaired) electrons. The normalized spacial score (nSPS) is 16.4. The molecule has 192 valence electrons. The Labute approximate surface area is 216 Å². The van der Waals surface area contributed by atoms with Crippen molar-refractivity contribution in [1.82, 2.24) is 4.90 Å². The first-order valence-corrected chi connectivity index (χ1v) is 12.9. The van der Waals surface area contributed by atoms with Crippen LogP contribution in [0.4, 0.5) is 13.2 Å². The fraction of sp³-hybridized carbons (Fsp3) is 0.276. The van der Waals surface area contributed by atoms with Crippen LogP contribution in [0.5, 0.6) is 11.5 Å². The molecule has 0 unspecified atom stereocenters. The Bertz CT molecular complexity index is 1430. The number of hydrogen-bond acceptors (Lipinski definition) is 5. The maximum Gasteiger partial charge on any atom is 0.417 e. The summed E-state index contributed by atoms with van der Waals surface area (Å²) >= 11 is 1.07. The third-order valence-corrected chi connectivity index (χ3v) is 7.84. The number of aromatic hydroxyl groups is 1. The van der Waals surface area contributed by atoms with Crippen molar-refractivity contribution in [3.63, 3.8) is 0 Å². The third kappa shape index (κ3) is 5.36. The first kappa shape index (κ1) is 25.3. The molecule has 0 aliphatic carbocycles. The zero-order chi connectivity index (χ0) is 26.2. The number of phenolic OH excluding ortho intramolecular Hbond substituents is 1. The molecule has 1 aliphatic rings. The molecule has 1 saturated heterocycles. The Balaban J connectivity index is 1.47. The zero-order valence-electron chi connectivity index (χ0n) is 20.2. The van der Waals surface area contributed by atoms with Crippen molar-refractivity contribution < 1.29 is 27.8 Å². The summed E-state index contributed by atoms with van der Waals surface area (Å²) in [6, 6.07) is 16.8. The Morgan fingerprint density at radius 3 is 2.57 bits per heavy atom. The molecule has 1 atom stereocenters. The van der Waals surface area contributed by atoms with E-state index in [-0.39, 0.29) is 10.6 Å². The van der Waals surface area contributed by atoms with Crippen LogP contribution in [-0.4, -0.2) is 42.0 Å². The van der Waals surface area contributed by atoms with Gasteiger partial charge in [0.15, 0.2) is 0 Å². The van der Waals surface area contributed by atoms with E-state index < -0.39 is 23.1 Å². The van der Waals surface area contributed by atoms with E-state index in [1.807, 2.05) is 24.3 Å². The average molecular weight is 526 g/mol. The quantitative estimate of drug-likeness (QED) is 0.258. The van der Waals surface area contributed by atoms with Gasteiger partial charge in [0.2, 0.25) is 5.78 Å². The summed E-state index contributed by atoms with van der Waals surface area (Å²) in [7, 11) is 0. The number of benzene rings is 3. The van der Waals surface area contributed by atoms with Gasteiger partial charge in [-0.05, 0) is 60.8 Å². The van der Waals surface area contributed by atoms with Crippen LogP contribution in [0.3, 0.4) is 0 Å². The van der Waals surface area contributed by atoms with Gasteiger partial charge in [-0.15, -0.1) is 11.3 Å². The predicted octanol–water partition coefficient (Wildman–Crippen LogP) is 7.24. The van der Waals surface area contributed by atoms with Crippen LogP contribution in [0.1, 0.15) is 34.1 Å². The zero-order valence-corrected chi connectivity index (χ0v) is 21.0. The molecule has 3 aromatic carbocycles. The molecule has 37 heavy (non-hydrogen) atoms. The maximum absolute atomic E-state index is 13.7. The maximum atomic E-state index is 13.7. The molecule has 1 aliphatic heterocycles. The number of rotatable bonds is 7. The number of fused-ring (bicyclic) bond motifs is 1. The first-order valence-electron chi connectivity index (χ1n) is 12.1. The fourth-order valence-electron chi connectivity index (χ4n) is 4.82. The Kier molecular flexibility index (Phi) is 6.96. The van der Waals surface area contributed by atoms with Crippen LogP contribution in [0.15, 0.2) is 66.7 Å². The van der Waals surface area contributed by atoms with Crippen molar-refractivity contribution in [3.8, 4) is 22.6 Å². The van der Waals surface area contributed by atoms with Crippen molar-refractivity contribution in [2.24, 2.45) is 5.92 Å². The summed E-state index contributed by atoms with van der Waals surface area (Å²) < 4.78 is 47.5. The van der Waals surface area contributed by atoms with Crippen molar-refractivity contribution in [1.29, 1.82) is 0 Å². The third-order valence-electron chi connectivity index (χ3n) is 6.68. The van der Waals surface area contributed by atoms with E-state index in [4.69, 9.17) is 4.74 Å². The lowest BCUT2D eigenvalue weighted by molar-refractivity contribution is -0.137. The minimum Gasteiger partial charge on any atom is -0.508 e. The molecular weight excluding hydrogens is 499 g/mol. The molecule has 4 nitrogen and oxygen atoms in total. The standard InChI is InChI=1S/C29H26F3NO3S/c1-18-12-13-33(17-18)14-15-36-21-9-6-19(7-10-21)26-23-11-8-20(34)16-25(23)37-28(26)27(35)22-4-2-3-5-24(22)29(30,31)32/h2-11,16,18,34H,12-15,17H2,1H3/t18-/m0/s1. The average Bonchev–Trinajstić information content (AvgIpc) is 3.46. The molecule has 0 amide bonds. The van der Waals surface area contributed by atoms with Crippen LogP contribution in [0.25, 0.3) is 21.2 Å². The van der Waals surface area contributed by atoms with E-state index in [1.165, 1.54) is 36.8 Å². The summed E-state index contributed by atoms with van der Waals surface area (Å²) in [5.41, 5.74) is -0.143. The highest BCUT2D eigenvalue weighted by molar-refractivity contribution is 7.21. The number of ketones is 1. The van der Waals surface area contributed by atoms with Crippen molar-refractivity contribution in [2.45, 2.75) is 19.5 Å². The summed E-state index contributed by atoms with van der Waals surface area (Å²) in [5.74, 6) is 0.708. The highest BCUT2D eigenvalue weighted by atomic mass is 32.1. The van der Waals surface area contributed by atoms with E-state index >= 15 is 0 Å². The number of halogens is 3. The molecule has 0 saturated carbocycles. The second-order valence-corrected chi connectivity index (χ2v) is 10.5. The van der Waals surface area contributed by atoms with Crippen LogP contribution in [0, 0.1) is 5.92 Å². The molecule has 1 aromatic heterocycles. The van der Waals surface area contributed by atoms with Gasteiger partial charge in [-0.3, -0.25) is 9.69 Å². The molecule has 1 fully saturated rings. The fourth-order valence-corrected chi connectivity index (χ4v) is 6.03. The summed E-state index contributed by atoms with van der Waals surface area (Å²) in [6.07, 6.45) is -3.46. The number of nitrogens with zero attached hydrogens (tertiary/aromatic N) is 1. The molecule has 1 N–H and O–H groups in total. The lowest BCUT2D eigenvalue weighted by atomic mass is 9.96. The molecule has 0 spiro atoms. The predicted molar refractivity (Wildman–Crippen MR) is 140 cm³/mol. The van der Waals surface area contributed by atoms with Gasteiger partial charge in [0.05, 0.1) is 10.4 Å². The molecule has 0 bridgehead atoms. The molecule has 2 heterocycles. The molecule has 8 heteroatoms. The van der Waals surface area contributed by atoms with Crippen LogP contribution in [0.2, 0.25) is 0 Å². The van der Waals surface area contributed by atoms with E-state index in [9.17, 15) is 23.1 Å². The number of hydrogen-bond donors (Lipinski definition) is 1. The molecule has 5 rings (SSSR count). The first-order chi connectivity index (χ1) is 17.7. The lowest BCUT2D eigenvalue weighted by Gasteiger charge is -2.16. The summed E-state index contributed by atoms with van der Waals surface area (Å²) in [5, 5.41) is 10.7. The van der Waals surface area contributed by atoms with Crippen LogP contribution < -0.4 is 4.74 Å². The van der Waals surface area contributed by atoms with E-state index in [1.54, 1.807) is 6.07 Å². The number of alkyl halides is 3. The van der Waals surface area contributed by atoms with Crippen molar-refractivity contribution in [3.05, 3.63) is 82.7 Å². The van der Waals surface area contributed by atoms with Crippen LogP contribution in [-0.2, 0) is 6.18 Å². The second kappa shape index (κ2) is 10.2. The highest BCUT2D eigenvalue weighted by Gasteiger charge is 2.36. The van der Waals surface area contributed by atoms with Crippen LogP contribution >= 0.6 is 11.3 Å². The Morgan fingerprint density at radius 1 is 1.11 bits per heavy atom.